The molecular weight excluding hydrogens is 394 g/mol. The van der Waals surface area contributed by atoms with Crippen molar-refractivity contribution in [3.05, 3.63) is 58.4 Å². The number of hydrogen-bond donors (Lipinski definition) is 0. The molecule has 10 heteroatoms. The highest BCUT2D eigenvalue weighted by Gasteiger charge is 2.30. The highest BCUT2D eigenvalue weighted by Crippen LogP contribution is 2.31. The number of aromatic nitrogens is 1. The number of hydrogen-bond acceptors (Lipinski definition) is 7. The zero-order chi connectivity index (χ0) is 21.0. The third-order valence-electron chi connectivity index (χ3n) is 5.08. The third-order valence-corrected chi connectivity index (χ3v) is 6.98. The van der Waals surface area contributed by atoms with Gasteiger partial charge in [-0.1, -0.05) is 6.07 Å². The van der Waals surface area contributed by atoms with Crippen LogP contribution in [0.3, 0.4) is 0 Å². The molecule has 1 aromatic carbocycles. The summed E-state index contributed by atoms with van der Waals surface area (Å²) in [6, 6.07) is 9.75. The first-order valence-electron chi connectivity index (χ1n) is 9.37. The van der Waals surface area contributed by atoms with E-state index in [4.69, 9.17) is 0 Å². The van der Waals surface area contributed by atoms with Crippen LogP contribution in [0.5, 0.6) is 0 Å². The number of anilines is 1. The van der Waals surface area contributed by atoms with Crippen molar-refractivity contribution in [2.24, 2.45) is 0 Å². The molecule has 0 atom stereocenters. The van der Waals surface area contributed by atoms with E-state index in [2.05, 4.69) is 4.98 Å². The van der Waals surface area contributed by atoms with E-state index in [1.165, 1.54) is 22.5 Å². The molecule has 3 rings (SSSR count). The van der Waals surface area contributed by atoms with Crippen LogP contribution in [0.25, 0.3) is 0 Å². The maximum Gasteiger partial charge on any atom is 0.293 e. The van der Waals surface area contributed by atoms with Gasteiger partial charge in [0.25, 0.3) is 5.69 Å². The first-order valence-corrected chi connectivity index (χ1v) is 10.8. The van der Waals surface area contributed by atoms with E-state index in [0.29, 0.717) is 44.8 Å². The fourth-order valence-corrected chi connectivity index (χ4v) is 4.70. The molecule has 0 radical (unpaired) electrons. The minimum absolute atomic E-state index is 0.0457. The molecule has 29 heavy (non-hydrogen) atoms. The summed E-state index contributed by atoms with van der Waals surface area (Å²) in [5, 5.41) is 11.7. The molecule has 1 aliphatic rings. The van der Waals surface area contributed by atoms with Crippen molar-refractivity contribution in [3.63, 3.8) is 0 Å². The first kappa shape index (κ1) is 21.2. The molecule has 9 nitrogen and oxygen atoms in total. The average molecular weight is 420 g/mol. The fraction of sp³-hybridized carbons (Fsp3) is 0.421. The van der Waals surface area contributed by atoms with Gasteiger partial charge in [0.15, 0.2) is 0 Å². The summed E-state index contributed by atoms with van der Waals surface area (Å²) < 4.78 is 27.2. The molecule has 2 heterocycles. The Labute approximate surface area is 170 Å². The fourth-order valence-electron chi connectivity index (χ4n) is 3.26. The van der Waals surface area contributed by atoms with Crippen LogP contribution >= 0.6 is 0 Å². The van der Waals surface area contributed by atoms with E-state index in [0.717, 1.165) is 5.69 Å². The number of piperazine rings is 1. The van der Waals surface area contributed by atoms with Crippen molar-refractivity contribution >= 4 is 21.4 Å². The summed E-state index contributed by atoms with van der Waals surface area (Å²) in [5.41, 5.74) is 1.04. The lowest BCUT2D eigenvalue weighted by Gasteiger charge is -2.31. The summed E-state index contributed by atoms with van der Waals surface area (Å²) >= 11 is 0. The van der Waals surface area contributed by atoms with Crippen LogP contribution < -0.4 is 4.90 Å². The maximum atomic E-state index is 12.9. The molecule has 0 aliphatic carbocycles. The molecule has 1 aliphatic heterocycles. The molecule has 0 unspecified atom stereocenters. The second-order valence-corrected chi connectivity index (χ2v) is 9.05. The lowest BCUT2D eigenvalue weighted by molar-refractivity contribution is -0.384. The Morgan fingerprint density at radius 2 is 1.90 bits per heavy atom. The van der Waals surface area contributed by atoms with Gasteiger partial charge in [0.05, 0.1) is 9.82 Å². The Hall–Kier alpha value is -2.56. The second kappa shape index (κ2) is 8.85. The summed E-state index contributed by atoms with van der Waals surface area (Å²) in [6.45, 7) is 2.53. The van der Waals surface area contributed by atoms with Gasteiger partial charge in [-0.25, -0.2) is 8.42 Å². The van der Waals surface area contributed by atoms with Crippen molar-refractivity contribution in [2.75, 3.05) is 51.7 Å². The van der Waals surface area contributed by atoms with Gasteiger partial charge in [-0.3, -0.25) is 15.1 Å². The lowest BCUT2D eigenvalue weighted by atomic mass is 10.2. The van der Waals surface area contributed by atoms with Gasteiger partial charge in [-0.15, -0.1) is 0 Å². The van der Waals surface area contributed by atoms with Crippen LogP contribution in [0.4, 0.5) is 11.4 Å². The van der Waals surface area contributed by atoms with Crippen LogP contribution in [0.1, 0.15) is 5.69 Å². The molecule has 2 aromatic rings. The van der Waals surface area contributed by atoms with Crippen molar-refractivity contribution in [2.45, 2.75) is 11.3 Å². The Balaban J connectivity index is 1.82. The Bertz CT molecular complexity index is 960. The highest BCUT2D eigenvalue weighted by atomic mass is 32.2. The summed E-state index contributed by atoms with van der Waals surface area (Å²) in [6.07, 6.45) is 2.33. The SMILES string of the molecule is CN1CCN(S(=O)(=O)c2ccc(N(C)CCc3ccccn3)c([N+](=O)[O-])c2)CC1. The predicted molar refractivity (Wildman–Crippen MR) is 111 cm³/mol. The van der Waals surface area contributed by atoms with Crippen LogP contribution in [-0.4, -0.2) is 74.3 Å². The van der Waals surface area contributed by atoms with E-state index in [9.17, 15) is 18.5 Å². The zero-order valence-corrected chi connectivity index (χ0v) is 17.4. The van der Waals surface area contributed by atoms with Gasteiger partial charge in [-0.2, -0.15) is 4.31 Å². The molecule has 0 amide bonds. The molecule has 1 aromatic heterocycles. The number of likely N-dealkylation sites (N-methyl/N-ethyl adjacent to an activating group) is 2. The van der Waals surface area contributed by atoms with Gasteiger partial charge < -0.3 is 9.80 Å². The maximum absolute atomic E-state index is 12.9. The van der Waals surface area contributed by atoms with Gasteiger partial charge in [0.1, 0.15) is 5.69 Å². The zero-order valence-electron chi connectivity index (χ0n) is 16.6. The second-order valence-electron chi connectivity index (χ2n) is 7.11. The van der Waals surface area contributed by atoms with Gasteiger partial charge in [0, 0.05) is 64.1 Å². The van der Waals surface area contributed by atoms with Gasteiger partial charge in [-0.05, 0) is 31.3 Å². The van der Waals surface area contributed by atoms with Gasteiger partial charge in [0.2, 0.25) is 10.0 Å². The highest BCUT2D eigenvalue weighted by molar-refractivity contribution is 7.89. The van der Waals surface area contributed by atoms with E-state index >= 15 is 0 Å². The minimum atomic E-state index is -3.77. The van der Waals surface area contributed by atoms with Gasteiger partial charge >= 0.3 is 0 Å². The number of benzene rings is 1. The quantitative estimate of drug-likeness (QED) is 0.496. The van der Waals surface area contributed by atoms with Crippen molar-refractivity contribution in [3.8, 4) is 0 Å². The van der Waals surface area contributed by atoms with E-state index in [1.54, 1.807) is 18.1 Å². The Kier molecular flexibility index (Phi) is 6.46. The molecule has 0 bridgehead atoms. The molecule has 0 N–H and O–H groups in total. The minimum Gasteiger partial charge on any atom is -0.369 e. The van der Waals surface area contributed by atoms with E-state index in [-0.39, 0.29) is 10.6 Å². The Morgan fingerprint density at radius 3 is 2.52 bits per heavy atom. The van der Waals surface area contributed by atoms with Crippen molar-refractivity contribution in [1.29, 1.82) is 0 Å². The average Bonchev–Trinajstić information content (AvgIpc) is 2.72. The molecule has 0 saturated carbocycles. The van der Waals surface area contributed by atoms with Crippen molar-refractivity contribution < 1.29 is 13.3 Å². The predicted octanol–water partition coefficient (Wildman–Crippen LogP) is 1.60. The smallest absolute Gasteiger partial charge is 0.293 e. The number of nitrogens with zero attached hydrogens (tertiary/aromatic N) is 5. The summed E-state index contributed by atoms with van der Waals surface area (Å²) in [7, 11) is -0.0807. The number of pyridine rings is 1. The number of nitro benzene ring substituents is 1. The van der Waals surface area contributed by atoms with E-state index < -0.39 is 14.9 Å². The Morgan fingerprint density at radius 1 is 1.17 bits per heavy atom. The molecule has 1 fully saturated rings. The lowest BCUT2D eigenvalue weighted by Crippen LogP contribution is -2.47. The van der Waals surface area contributed by atoms with Crippen LogP contribution in [-0.2, 0) is 16.4 Å². The van der Waals surface area contributed by atoms with E-state index in [1.807, 2.05) is 30.1 Å². The van der Waals surface area contributed by atoms with Crippen LogP contribution in [0.2, 0.25) is 0 Å². The first-order chi connectivity index (χ1) is 13.8. The number of sulfonamides is 1. The van der Waals surface area contributed by atoms with Crippen molar-refractivity contribution in [1.82, 2.24) is 14.2 Å². The van der Waals surface area contributed by atoms with Crippen LogP contribution in [0.15, 0.2) is 47.5 Å². The normalized spacial score (nSPS) is 15.9. The molecule has 0 spiro atoms. The summed E-state index contributed by atoms with van der Waals surface area (Å²) in [4.78, 5) is 19.1. The topological polar surface area (TPSA) is 99.9 Å². The number of rotatable bonds is 7. The largest absolute Gasteiger partial charge is 0.369 e. The number of nitro groups is 1. The molecule has 156 valence electrons. The third kappa shape index (κ3) is 4.89. The standard InChI is InChI=1S/C19H25N5O4S/c1-21-11-13-23(14-12-21)29(27,28)17-6-7-18(19(15-17)24(25)26)22(2)10-8-16-5-3-4-9-20-16/h3-7,9,15H,8,10-14H2,1-2H3. The molecular formula is C19H25N5O4S. The monoisotopic (exact) mass is 419 g/mol. The van der Waals surface area contributed by atoms with Crippen LogP contribution in [0, 0.1) is 10.1 Å². The summed E-state index contributed by atoms with van der Waals surface area (Å²) in [5.74, 6) is 0. The molecule has 1 saturated heterocycles.